The van der Waals surface area contributed by atoms with Crippen molar-refractivity contribution < 1.29 is 9.79 Å². The topological polar surface area (TPSA) is 46.1 Å². The van der Waals surface area contributed by atoms with E-state index in [1.54, 1.807) is 0 Å². The Labute approximate surface area is 163 Å². The normalized spacial score (nSPS) is 21.5. The Hall–Kier alpha value is -1.21. The maximum atomic E-state index is 15.0. The van der Waals surface area contributed by atoms with E-state index in [1.807, 2.05) is 54.6 Å². The third kappa shape index (κ3) is 3.37. The summed E-state index contributed by atoms with van der Waals surface area (Å²) in [5.41, 5.74) is 1.55. The number of rotatable bonds is 4. The summed E-state index contributed by atoms with van der Waals surface area (Å²) >= 11 is 0. The zero-order valence-electron chi connectivity index (χ0n) is 16.2. The minimum absolute atomic E-state index is 0.183. The molecule has 2 nitrogen and oxygen atoms in total. The molecule has 0 spiro atoms. The first-order valence-electron chi connectivity index (χ1n) is 10.7. The molecular formula is C24H31O2P-2. The van der Waals surface area contributed by atoms with Gasteiger partial charge in [-0.25, -0.2) is 0 Å². The Morgan fingerprint density at radius 1 is 0.593 bits per heavy atom. The van der Waals surface area contributed by atoms with Gasteiger partial charge < -0.3 is 0 Å². The van der Waals surface area contributed by atoms with E-state index in [0.717, 1.165) is 62.5 Å². The van der Waals surface area contributed by atoms with Gasteiger partial charge in [0.05, 0.1) is 0 Å². The van der Waals surface area contributed by atoms with Crippen LogP contribution in [0.25, 0.3) is 11.1 Å². The molecule has 0 atom stereocenters. The summed E-state index contributed by atoms with van der Waals surface area (Å²) in [5.74, 6) is 0. The van der Waals surface area contributed by atoms with Crippen molar-refractivity contribution in [2.45, 2.75) is 75.5 Å². The minimum atomic E-state index is -4.56. The van der Waals surface area contributed by atoms with Crippen LogP contribution in [0.15, 0.2) is 54.6 Å². The van der Waals surface area contributed by atoms with E-state index in [4.69, 9.17) is 0 Å². The van der Waals surface area contributed by atoms with Crippen molar-refractivity contribution in [2.75, 3.05) is 0 Å². The third-order valence-electron chi connectivity index (χ3n) is 7.00. The SMILES string of the molecule is [O-]P([O-])(c1ccccc1-c1ccccc1)(C1CCCCC1)C1CCCCC1. The van der Waals surface area contributed by atoms with E-state index in [0.29, 0.717) is 5.30 Å². The van der Waals surface area contributed by atoms with Gasteiger partial charge >= 0.3 is 163 Å². The standard InChI is InChI=1S/C24H31O2P/c25-27(26,21-14-6-2-7-15-21,22-16-8-3-9-17-22)24-19-11-10-18-23(24)20-12-4-1-5-13-20/h1,4-5,10-13,18-19,21-22H,2-3,6-9,14-17H2/q-2. The van der Waals surface area contributed by atoms with Gasteiger partial charge in [-0.1, -0.05) is 0 Å². The molecule has 2 aliphatic carbocycles. The van der Waals surface area contributed by atoms with Gasteiger partial charge in [-0.3, -0.25) is 0 Å². The van der Waals surface area contributed by atoms with Gasteiger partial charge in [-0.2, -0.15) is 0 Å². The van der Waals surface area contributed by atoms with Crippen molar-refractivity contribution in [1.82, 2.24) is 0 Å². The Morgan fingerprint density at radius 3 is 1.63 bits per heavy atom. The zero-order valence-corrected chi connectivity index (χ0v) is 17.1. The molecule has 0 unspecified atom stereocenters. The Kier molecular flexibility index (Phi) is 5.43. The summed E-state index contributed by atoms with van der Waals surface area (Å²) in [6.45, 7) is 0. The van der Waals surface area contributed by atoms with Gasteiger partial charge in [0.15, 0.2) is 0 Å². The molecule has 0 radical (unpaired) electrons. The Morgan fingerprint density at radius 2 is 1.07 bits per heavy atom. The summed E-state index contributed by atoms with van der Waals surface area (Å²) < 4.78 is 0. The second-order valence-electron chi connectivity index (χ2n) is 8.55. The second kappa shape index (κ2) is 7.66. The molecular weight excluding hydrogens is 351 g/mol. The summed E-state index contributed by atoms with van der Waals surface area (Å²) in [7, 11) is -4.56. The molecule has 0 aromatic heterocycles. The van der Waals surface area contributed by atoms with Crippen LogP contribution in [0.5, 0.6) is 0 Å². The van der Waals surface area contributed by atoms with Crippen molar-refractivity contribution in [3.8, 4) is 11.1 Å². The molecule has 0 bridgehead atoms. The molecule has 0 aliphatic heterocycles. The van der Waals surface area contributed by atoms with Crippen LogP contribution in [0.2, 0.25) is 0 Å². The van der Waals surface area contributed by atoms with Gasteiger partial charge in [0.1, 0.15) is 0 Å². The second-order valence-corrected chi connectivity index (χ2v) is 12.7. The summed E-state index contributed by atoms with van der Waals surface area (Å²) in [6.07, 6.45) is 9.90. The van der Waals surface area contributed by atoms with Crippen molar-refractivity contribution in [3.05, 3.63) is 54.6 Å². The van der Waals surface area contributed by atoms with E-state index in [1.165, 1.54) is 12.8 Å². The van der Waals surface area contributed by atoms with Crippen molar-refractivity contribution in [1.29, 1.82) is 0 Å². The van der Waals surface area contributed by atoms with Gasteiger partial charge in [-0.05, 0) is 0 Å². The van der Waals surface area contributed by atoms with Gasteiger partial charge in [0.25, 0.3) is 0 Å². The van der Waals surface area contributed by atoms with Gasteiger partial charge in [0, 0.05) is 0 Å². The molecule has 2 saturated carbocycles. The van der Waals surface area contributed by atoms with Crippen LogP contribution in [-0.2, 0) is 0 Å². The van der Waals surface area contributed by atoms with Crippen LogP contribution in [0.1, 0.15) is 64.2 Å². The first-order chi connectivity index (χ1) is 13.1. The molecule has 0 heterocycles. The Bertz CT molecular complexity index is 737. The molecule has 4 rings (SSSR count). The summed E-state index contributed by atoms with van der Waals surface area (Å²) in [5, 5.41) is 0.633. The van der Waals surface area contributed by atoms with E-state index >= 15 is 0 Å². The maximum absolute atomic E-state index is 15.0. The van der Waals surface area contributed by atoms with E-state index < -0.39 is 7.06 Å². The average Bonchev–Trinajstić information content (AvgIpc) is 2.76. The fraction of sp³-hybridized carbons (Fsp3) is 0.500. The number of hydrogen-bond acceptors (Lipinski definition) is 2. The van der Waals surface area contributed by atoms with Crippen molar-refractivity contribution >= 4 is 12.4 Å². The first kappa shape index (κ1) is 19.1. The van der Waals surface area contributed by atoms with Crippen LogP contribution in [0.3, 0.4) is 0 Å². The fourth-order valence-corrected chi connectivity index (χ4v) is 10.7. The van der Waals surface area contributed by atoms with Crippen LogP contribution >= 0.6 is 7.06 Å². The van der Waals surface area contributed by atoms with E-state index in [9.17, 15) is 9.79 Å². The van der Waals surface area contributed by atoms with Crippen molar-refractivity contribution in [2.24, 2.45) is 0 Å². The molecule has 0 N–H and O–H groups in total. The first-order valence-corrected chi connectivity index (χ1v) is 12.9. The summed E-state index contributed by atoms with van der Waals surface area (Å²) in [6, 6.07) is 17.9. The predicted octanol–water partition coefficient (Wildman–Crippen LogP) is 4.75. The third-order valence-corrected chi connectivity index (χ3v) is 12.1. The van der Waals surface area contributed by atoms with Crippen molar-refractivity contribution in [3.63, 3.8) is 0 Å². The number of hydrogen-bond donors (Lipinski definition) is 0. The zero-order chi connectivity index (χ0) is 18.8. The molecule has 146 valence electrons. The monoisotopic (exact) mass is 382 g/mol. The van der Waals surface area contributed by atoms with Crippen LogP contribution < -0.4 is 15.1 Å². The molecule has 3 heteroatoms. The van der Waals surface area contributed by atoms with Gasteiger partial charge in [-0.15, -0.1) is 0 Å². The molecule has 2 aromatic rings. The number of benzene rings is 2. The van der Waals surface area contributed by atoms with Gasteiger partial charge in [0.2, 0.25) is 0 Å². The van der Waals surface area contributed by atoms with Crippen LogP contribution in [0.4, 0.5) is 0 Å². The predicted molar refractivity (Wildman–Crippen MR) is 112 cm³/mol. The molecule has 2 aliphatic rings. The average molecular weight is 382 g/mol. The molecule has 2 fully saturated rings. The quantitative estimate of drug-likeness (QED) is 0.717. The van der Waals surface area contributed by atoms with Crippen LogP contribution in [-0.4, -0.2) is 11.3 Å². The molecule has 27 heavy (non-hydrogen) atoms. The molecule has 2 aromatic carbocycles. The fourth-order valence-electron chi connectivity index (χ4n) is 5.55. The van der Waals surface area contributed by atoms with E-state index in [2.05, 4.69) is 0 Å². The molecule has 0 amide bonds. The summed E-state index contributed by atoms with van der Waals surface area (Å²) in [4.78, 5) is 29.9. The Balaban J connectivity index is 1.89. The van der Waals surface area contributed by atoms with E-state index in [-0.39, 0.29) is 11.3 Å². The van der Waals surface area contributed by atoms with Crippen LogP contribution in [0, 0.1) is 0 Å². The molecule has 0 saturated heterocycles.